The predicted octanol–water partition coefficient (Wildman–Crippen LogP) is 3.05. The van der Waals surface area contributed by atoms with E-state index in [2.05, 4.69) is 48.6 Å². The summed E-state index contributed by atoms with van der Waals surface area (Å²) in [5.74, 6) is 0. The molecule has 0 amide bonds. The van der Waals surface area contributed by atoms with Crippen LogP contribution in [0.1, 0.15) is 5.56 Å². The third kappa shape index (κ3) is 2.80. The molecule has 114 valence electrons. The van der Waals surface area contributed by atoms with E-state index in [4.69, 9.17) is 4.63 Å². The lowest BCUT2D eigenvalue weighted by Crippen LogP contribution is -2.27. The van der Waals surface area contributed by atoms with Crippen molar-refractivity contribution in [2.75, 3.05) is 5.01 Å². The summed E-state index contributed by atoms with van der Waals surface area (Å²) in [5, 5.41) is 17.6. The van der Waals surface area contributed by atoms with Crippen LogP contribution in [0.3, 0.4) is 0 Å². The van der Waals surface area contributed by atoms with Crippen LogP contribution in [-0.4, -0.2) is 25.2 Å². The molecule has 4 rings (SSSR count). The van der Waals surface area contributed by atoms with Gasteiger partial charge >= 0.3 is 0 Å². The molecule has 23 heavy (non-hydrogen) atoms. The summed E-state index contributed by atoms with van der Waals surface area (Å²) in [5.41, 5.74) is 3.52. The van der Waals surface area contributed by atoms with Crippen LogP contribution in [0.4, 0.5) is 5.69 Å². The van der Waals surface area contributed by atoms with Crippen molar-refractivity contribution >= 4 is 32.7 Å². The first-order valence-electron chi connectivity index (χ1n) is 6.89. The lowest BCUT2D eigenvalue weighted by atomic mass is 10.2. The highest BCUT2D eigenvalue weighted by atomic mass is 79.9. The maximum atomic E-state index is 4.77. The SMILES string of the molecule is Brc1ccc(CN(c2ccc3nonc3c2)n2cnnc2)cc1. The Morgan fingerprint density at radius 1 is 0.957 bits per heavy atom. The zero-order chi connectivity index (χ0) is 15.6. The fourth-order valence-electron chi connectivity index (χ4n) is 2.32. The number of benzene rings is 2. The van der Waals surface area contributed by atoms with Gasteiger partial charge in [-0.3, -0.25) is 5.01 Å². The molecule has 2 aromatic carbocycles. The van der Waals surface area contributed by atoms with E-state index >= 15 is 0 Å². The Morgan fingerprint density at radius 2 is 1.70 bits per heavy atom. The summed E-state index contributed by atoms with van der Waals surface area (Å²) in [7, 11) is 0. The van der Waals surface area contributed by atoms with E-state index in [1.165, 1.54) is 0 Å². The van der Waals surface area contributed by atoms with E-state index in [-0.39, 0.29) is 0 Å². The van der Waals surface area contributed by atoms with Gasteiger partial charge in [-0.2, -0.15) is 0 Å². The van der Waals surface area contributed by atoms with Crippen LogP contribution in [0.25, 0.3) is 11.0 Å². The first kappa shape index (κ1) is 13.9. The third-order valence-corrected chi connectivity index (χ3v) is 3.99. The lowest BCUT2D eigenvalue weighted by molar-refractivity contribution is 0.315. The van der Waals surface area contributed by atoms with Crippen LogP contribution in [0.2, 0.25) is 0 Å². The summed E-state index contributed by atoms with van der Waals surface area (Å²) in [6.07, 6.45) is 3.31. The van der Waals surface area contributed by atoms with Crippen LogP contribution in [-0.2, 0) is 6.54 Å². The Bertz CT molecular complexity index is 919. The monoisotopic (exact) mass is 370 g/mol. The lowest BCUT2D eigenvalue weighted by Gasteiger charge is -2.24. The maximum Gasteiger partial charge on any atom is 0.139 e. The number of hydrogen-bond acceptors (Lipinski definition) is 6. The molecule has 0 unspecified atom stereocenters. The molecule has 4 aromatic rings. The van der Waals surface area contributed by atoms with E-state index in [9.17, 15) is 0 Å². The fourth-order valence-corrected chi connectivity index (χ4v) is 2.58. The molecule has 0 N–H and O–H groups in total. The molecule has 7 nitrogen and oxygen atoms in total. The zero-order valence-corrected chi connectivity index (χ0v) is 13.5. The number of halogens is 1. The summed E-state index contributed by atoms with van der Waals surface area (Å²) < 4.78 is 7.65. The normalized spacial score (nSPS) is 11.0. The summed E-state index contributed by atoms with van der Waals surface area (Å²) >= 11 is 3.45. The van der Waals surface area contributed by atoms with Crippen molar-refractivity contribution < 1.29 is 4.63 Å². The predicted molar refractivity (Wildman–Crippen MR) is 87.5 cm³/mol. The molecule has 0 atom stereocenters. The zero-order valence-electron chi connectivity index (χ0n) is 11.9. The van der Waals surface area contributed by atoms with Gasteiger partial charge in [0, 0.05) is 4.47 Å². The first-order valence-corrected chi connectivity index (χ1v) is 7.68. The molecule has 0 aliphatic carbocycles. The number of rotatable bonds is 4. The largest absolute Gasteiger partial charge is 0.274 e. The summed E-state index contributed by atoms with van der Waals surface area (Å²) in [4.78, 5) is 0. The van der Waals surface area contributed by atoms with E-state index in [1.807, 2.05) is 40.0 Å². The number of anilines is 1. The van der Waals surface area contributed by atoms with Gasteiger partial charge in [-0.1, -0.05) is 28.1 Å². The minimum Gasteiger partial charge on any atom is -0.274 e. The van der Waals surface area contributed by atoms with Gasteiger partial charge in [-0.25, -0.2) is 9.31 Å². The van der Waals surface area contributed by atoms with Gasteiger partial charge < -0.3 is 0 Å². The fraction of sp³-hybridized carbons (Fsp3) is 0.0667. The van der Waals surface area contributed by atoms with Gasteiger partial charge in [0.2, 0.25) is 0 Å². The molecule has 0 aliphatic rings. The highest BCUT2D eigenvalue weighted by Gasteiger charge is 2.12. The number of aromatic nitrogens is 5. The molecule has 2 heterocycles. The Kier molecular flexibility index (Phi) is 3.51. The number of nitrogens with zero attached hydrogens (tertiary/aromatic N) is 6. The molecule has 0 saturated carbocycles. The standard InChI is InChI=1S/C15H11BrN6O/c16-12-3-1-11(2-4-12)8-22(21-9-17-18-10-21)13-5-6-14-15(7-13)20-23-19-14/h1-7,9-10H,8H2. The first-order chi connectivity index (χ1) is 11.3. The Hall–Kier alpha value is -2.74. The Morgan fingerprint density at radius 3 is 2.48 bits per heavy atom. The molecule has 8 heteroatoms. The molecule has 0 aliphatic heterocycles. The molecule has 0 spiro atoms. The van der Waals surface area contributed by atoms with Crippen molar-refractivity contribution in [3.63, 3.8) is 0 Å². The van der Waals surface area contributed by atoms with E-state index in [0.29, 0.717) is 12.1 Å². The van der Waals surface area contributed by atoms with E-state index < -0.39 is 0 Å². The Balaban J connectivity index is 1.74. The Labute approximate surface area is 139 Å². The molecular formula is C15H11BrN6O. The number of fused-ring (bicyclic) bond motifs is 1. The second kappa shape index (κ2) is 5.81. The molecule has 0 bridgehead atoms. The van der Waals surface area contributed by atoms with Crippen LogP contribution in [0, 0.1) is 0 Å². The van der Waals surface area contributed by atoms with Crippen molar-refractivity contribution in [3.05, 3.63) is 65.2 Å². The molecule has 2 aromatic heterocycles. The average molecular weight is 371 g/mol. The van der Waals surface area contributed by atoms with Gasteiger partial charge in [0.1, 0.15) is 23.7 Å². The summed E-state index contributed by atoms with van der Waals surface area (Å²) in [6, 6.07) is 13.9. The van der Waals surface area contributed by atoms with Crippen molar-refractivity contribution in [1.29, 1.82) is 0 Å². The van der Waals surface area contributed by atoms with Gasteiger partial charge in [0.15, 0.2) is 0 Å². The van der Waals surface area contributed by atoms with Crippen molar-refractivity contribution in [1.82, 2.24) is 25.2 Å². The van der Waals surface area contributed by atoms with Gasteiger partial charge in [0.05, 0.1) is 12.2 Å². The van der Waals surface area contributed by atoms with E-state index in [0.717, 1.165) is 21.2 Å². The third-order valence-electron chi connectivity index (χ3n) is 3.47. The summed E-state index contributed by atoms with van der Waals surface area (Å²) in [6.45, 7) is 0.655. The second-order valence-corrected chi connectivity index (χ2v) is 5.88. The second-order valence-electron chi connectivity index (χ2n) is 4.96. The number of hydrogen-bond donors (Lipinski definition) is 0. The molecule has 0 fully saturated rings. The van der Waals surface area contributed by atoms with Gasteiger partial charge in [0.25, 0.3) is 0 Å². The minimum absolute atomic E-state index is 0.655. The van der Waals surface area contributed by atoms with Crippen molar-refractivity contribution in [3.8, 4) is 0 Å². The highest BCUT2D eigenvalue weighted by molar-refractivity contribution is 9.10. The van der Waals surface area contributed by atoms with E-state index in [1.54, 1.807) is 12.7 Å². The van der Waals surface area contributed by atoms with Crippen LogP contribution in [0.15, 0.2) is 64.2 Å². The molecule has 0 radical (unpaired) electrons. The topological polar surface area (TPSA) is 72.9 Å². The van der Waals surface area contributed by atoms with Crippen molar-refractivity contribution in [2.45, 2.75) is 6.54 Å². The quantitative estimate of drug-likeness (QED) is 0.549. The van der Waals surface area contributed by atoms with Gasteiger partial charge in [-0.15, -0.1) is 10.2 Å². The molecular weight excluding hydrogens is 360 g/mol. The van der Waals surface area contributed by atoms with Crippen LogP contribution >= 0.6 is 15.9 Å². The van der Waals surface area contributed by atoms with Crippen LogP contribution in [0.5, 0.6) is 0 Å². The smallest absolute Gasteiger partial charge is 0.139 e. The van der Waals surface area contributed by atoms with Crippen molar-refractivity contribution in [2.24, 2.45) is 0 Å². The van der Waals surface area contributed by atoms with Crippen LogP contribution < -0.4 is 5.01 Å². The minimum atomic E-state index is 0.655. The molecule has 0 saturated heterocycles. The highest BCUT2D eigenvalue weighted by Crippen LogP contribution is 2.23. The maximum absolute atomic E-state index is 4.77. The average Bonchev–Trinajstić information content (AvgIpc) is 3.25. The van der Waals surface area contributed by atoms with Gasteiger partial charge in [-0.05, 0) is 46.2 Å².